The van der Waals surface area contributed by atoms with E-state index >= 15 is 0 Å². The number of piperazine rings is 1. The zero-order valence-electron chi connectivity index (χ0n) is 8.47. The van der Waals surface area contributed by atoms with E-state index in [4.69, 9.17) is 0 Å². The topological polar surface area (TPSA) is 44.4 Å². The third kappa shape index (κ3) is 3.22. The van der Waals surface area contributed by atoms with E-state index in [0.717, 1.165) is 32.6 Å². The van der Waals surface area contributed by atoms with Gasteiger partial charge in [0.25, 0.3) is 0 Å². The SMILES string of the molecule is CCCNC(=O)N1CCN[C@H](C)C1. The average molecular weight is 185 g/mol. The van der Waals surface area contributed by atoms with Crippen LogP contribution >= 0.6 is 0 Å². The molecule has 4 nitrogen and oxygen atoms in total. The molecular formula is C9H19N3O. The van der Waals surface area contributed by atoms with Crippen LogP contribution in [0.2, 0.25) is 0 Å². The number of rotatable bonds is 2. The highest BCUT2D eigenvalue weighted by Gasteiger charge is 2.19. The second kappa shape index (κ2) is 5.07. The molecule has 0 aromatic heterocycles. The molecule has 1 atom stereocenters. The minimum atomic E-state index is 0.0789. The van der Waals surface area contributed by atoms with Gasteiger partial charge < -0.3 is 15.5 Å². The van der Waals surface area contributed by atoms with E-state index in [-0.39, 0.29) is 6.03 Å². The lowest BCUT2D eigenvalue weighted by molar-refractivity contribution is 0.179. The fourth-order valence-electron chi connectivity index (χ4n) is 1.46. The van der Waals surface area contributed by atoms with Gasteiger partial charge in [-0.1, -0.05) is 6.92 Å². The number of nitrogens with zero attached hydrogens (tertiary/aromatic N) is 1. The van der Waals surface area contributed by atoms with Gasteiger partial charge in [-0.2, -0.15) is 0 Å². The Morgan fingerprint density at radius 1 is 1.69 bits per heavy atom. The van der Waals surface area contributed by atoms with E-state index in [2.05, 4.69) is 24.5 Å². The van der Waals surface area contributed by atoms with Gasteiger partial charge in [0.15, 0.2) is 0 Å². The summed E-state index contributed by atoms with van der Waals surface area (Å²) in [5.74, 6) is 0. The Morgan fingerprint density at radius 3 is 3.08 bits per heavy atom. The first-order chi connectivity index (χ1) is 6.24. The molecule has 1 heterocycles. The van der Waals surface area contributed by atoms with Crippen molar-refractivity contribution in [2.24, 2.45) is 0 Å². The first kappa shape index (κ1) is 10.3. The van der Waals surface area contributed by atoms with Crippen LogP contribution in [-0.4, -0.2) is 43.2 Å². The number of carbonyl (C=O) groups excluding carboxylic acids is 1. The molecule has 2 amide bonds. The normalized spacial score (nSPS) is 22.9. The smallest absolute Gasteiger partial charge is 0.317 e. The maximum atomic E-state index is 11.5. The first-order valence-electron chi connectivity index (χ1n) is 5.00. The van der Waals surface area contributed by atoms with Crippen molar-refractivity contribution in [2.75, 3.05) is 26.2 Å². The molecule has 0 aromatic rings. The van der Waals surface area contributed by atoms with Gasteiger partial charge in [-0.3, -0.25) is 0 Å². The van der Waals surface area contributed by atoms with Gasteiger partial charge >= 0.3 is 6.03 Å². The van der Waals surface area contributed by atoms with Crippen molar-refractivity contribution in [3.8, 4) is 0 Å². The summed E-state index contributed by atoms with van der Waals surface area (Å²) < 4.78 is 0. The van der Waals surface area contributed by atoms with Gasteiger partial charge in [-0.25, -0.2) is 4.79 Å². The number of carbonyl (C=O) groups is 1. The predicted octanol–water partition coefficient (Wildman–Crippen LogP) is 0.400. The van der Waals surface area contributed by atoms with E-state index in [9.17, 15) is 4.79 Å². The zero-order valence-corrected chi connectivity index (χ0v) is 8.47. The van der Waals surface area contributed by atoms with Gasteiger partial charge in [0.05, 0.1) is 0 Å². The van der Waals surface area contributed by atoms with Crippen LogP contribution in [-0.2, 0) is 0 Å². The third-order valence-electron chi connectivity index (χ3n) is 2.18. The molecule has 1 aliphatic heterocycles. The van der Waals surface area contributed by atoms with E-state index < -0.39 is 0 Å². The highest BCUT2D eigenvalue weighted by Crippen LogP contribution is 1.98. The lowest BCUT2D eigenvalue weighted by atomic mass is 10.2. The van der Waals surface area contributed by atoms with Gasteiger partial charge in [-0.05, 0) is 13.3 Å². The number of urea groups is 1. The predicted molar refractivity (Wildman–Crippen MR) is 52.7 cm³/mol. The Hall–Kier alpha value is -0.770. The molecule has 0 spiro atoms. The molecule has 0 unspecified atom stereocenters. The van der Waals surface area contributed by atoms with Crippen molar-refractivity contribution in [3.63, 3.8) is 0 Å². The quantitative estimate of drug-likeness (QED) is 0.654. The molecule has 13 heavy (non-hydrogen) atoms. The molecule has 0 saturated carbocycles. The fraction of sp³-hybridized carbons (Fsp3) is 0.889. The van der Waals surface area contributed by atoms with E-state index in [0.29, 0.717) is 6.04 Å². The lowest BCUT2D eigenvalue weighted by Gasteiger charge is -2.31. The first-order valence-corrected chi connectivity index (χ1v) is 5.00. The second-order valence-electron chi connectivity index (χ2n) is 3.53. The summed E-state index contributed by atoms with van der Waals surface area (Å²) in [7, 11) is 0. The average Bonchev–Trinajstić information content (AvgIpc) is 2.14. The van der Waals surface area contributed by atoms with Crippen LogP contribution in [0.3, 0.4) is 0 Å². The van der Waals surface area contributed by atoms with Crippen LogP contribution in [0, 0.1) is 0 Å². The van der Waals surface area contributed by atoms with Crippen molar-refractivity contribution >= 4 is 6.03 Å². The molecule has 0 radical (unpaired) electrons. The monoisotopic (exact) mass is 185 g/mol. The van der Waals surface area contributed by atoms with Gasteiger partial charge in [0.2, 0.25) is 0 Å². The second-order valence-corrected chi connectivity index (χ2v) is 3.53. The van der Waals surface area contributed by atoms with E-state index in [1.165, 1.54) is 0 Å². The zero-order chi connectivity index (χ0) is 9.68. The van der Waals surface area contributed by atoms with Crippen LogP contribution in [0.15, 0.2) is 0 Å². The molecule has 76 valence electrons. The van der Waals surface area contributed by atoms with Crippen molar-refractivity contribution in [1.82, 2.24) is 15.5 Å². The van der Waals surface area contributed by atoms with Crippen LogP contribution < -0.4 is 10.6 Å². The van der Waals surface area contributed by atoms with E-state index in [1.54, 1.807) is 0 Å². The van der Waals surface area contributed by atoms with Gasteiger partial charge in [-0.15, -0.1) is 0 Å². The summed E-state index contributed by atoms with van der Waals surface area (Å²) in [5, 5.41) is 6.18. The minimum Gasteiger partial charge on any atom is -0.338 e. The van der Waals surface area contributed by atoms with Crippen LogP contribution in [0.5, 0.6) is 0 Å². The molecule has 1 aliphatic rings. The number of hydrogen-bond acceptors (Lipinski definition) is 2. The molecule has 0 aliphatic carbocycles. The highest BCUT2D eigenvalue weighted by atomic mass is 16.2. The molecule has 1 saturated heterocycles. The Bertz CT molecular complexity index is 172. The van der Waals surface area contributed by atoms with Crippen LogP contribution in [0.25, 0.3) is 0 Å². The number of nitrogens with one attached hydrogen (secondary N) is 2. The van der Waals surface area contributed by atoms with Crippen LogP contribution in [0.4, 0.5) is 4.79 Å². The van der Waals surface area contributed by atoms with Crippen molar-refractivity contribution in [3.05, 3.63) is 0 Å². The largest absolute Gasteiger partial charge is 0.338 e. The fourth-order valence-corrected chi connectivity index (χ4v) is 1.46. The summed E-state index contributed by atoms with van der Waals surface area (Å²) >= 11 is 0. The minimum absolute atomic E-state index is 0.0789. The Labute approximate surface area is 79.7 Å². The van der Waals surface area contributed by atoms with Crippen molar-refractivity contribution in [2.45, 2.75) is 26.3 Å². The molecular weight excluding hydrogens is 166 g/mol. The van der Waals surface area contributed by atoms with Gasteiger partial charge in [0.1, 0.15) is 0 Å². The summed E-state index contributed by atoms with van der Waals surface area (Å²) in [6, 6.07) is 0.497. The molecule has 0 bridgehead atoms. The standard InChI is InChI=1S/C9H19N3O/c1-3-4-11-9(13)12-6-5-10-8(2)7-12/h8,10H,3-7H2,1-2H3,(H,11,13)/t8-/m1/s1. The van der Waals surface area contributed by atoms with Crippen molar-refractivity contribution < 1.29 is 4.79 Å². The molecule has 1 fully saturated rings. The number of amides is 2. The molecule has 4 heteroatoms. The van der Waals surface area contributed by atoms with Gasteiger partial charge in [0, 0.05) is 32.2 Å². The molecule has 1 rings (SSSR count). The van der Waals surface area contributed by atoms with Crippen molar-refractivity contribution in [1.29, 1.82) is 0 Å². The maximum Gasteiger partial charge on any atom is 0.317 e. The summed E-state index contributed by atoms with van der Waals surface area (Å²) in [5.41, 5.74) is 0. The maximum absolute atomic E-state index is 11.5. The number of hydrogen-bond donors (Lipinski definition) is 2. The Balaban J connectivity index is 2.28. The Morgan fingerprint density at radius 2 is 2.46 bits per heavy atom. The Kier molecular flexibility index (Phi) is 4.02. The van der Waals surface area contributed by atoms with E-state index in [1.807, 2.05) is 4.90 Å². The summed E-state index contributed by atoms with van der Waals surface area (Å²) in [6.45, 7) is 7.47. The summed E-state index contributed by atoms with van der Waals surface area (Å²) in [6.07, 6.45) is 0.993. The lowest BCUT2D eigenvalue weighted by Crippen LogP contribution is -2.54. The molecule has 0 aromatic carbocycles. The molecule has 2 N–H and O–H groups in total. The summed E-state index contributed by atoms with van der Waals surface area (Å²) in [4.78, 5) is 13.4. The third-order valence-corrected chi connectivity index (χ3v) is 2.18. The highest BCUT2D eigenvalue weighted by molar-refractivity contribution is 5.74. The van der Waals surface area contributed by atoms with Crippen LogP contribution in [0.1, 0.15) is 20.3 Å².